The smallest absolute Gasteiger partial charge is 0.260 e. The van der Waals surface area contributed by atoms with Gasteiger partial charge in [0.25, 0.3) is 5.91 Å². The molecule has 0 saturated carbocycles. The number of piperazine rings is 1. The molecule has 2 heterocycles. The Morgan fingerprint density at radius 3 is 2.31 bits per heavy atom. The van der Waals surface area contributed by atoms with Crippen LogP contribution in [0.5, 0.6) is 5.75 Å². The van der Waals surface area contributed by atoms with Crippen LogP contribution in [0.15, 0.2) is 24.3 Å². The lowest BCUT2D eigenvalue weighted by Crippen LogP contribution is -2.54. The van der Waals surface area contributed by atoms with Crippen molar-refractivity contribution in [1.29, 1.82) is 0 Å². The van der Waals surface area contributed by atoms with E-state index in [1.807, 2.05) is 0 Å². The van der Waals surface area contributed by atoms with Gasteiger partial charge < -0.3 is 19.3 Å². The third-order valence-corrected chi connectivity index (χ3v) is 4.61. The number of hydrogen-bond donors (Lipinski definition) is 0. The highest BCUT2D eigenvalue weighted by atomic mass is 19.1. The predicted molar refractivity (Wildman–Crippen MR) is 92.3 cm³/mol. The van der Waals surface area contributed by atoms with E-state index in [2.05, 4.69) is 4.90 Å². The number of rotatable bonds is 5. The molecule has 0 spiro atoms. The quantitative estimate of drug-likeness (QED) is 0.746. The van der Waals surface area contributed by atoms with Crippen LogP contribution in [0.4, 0.5) is 4.39 Å². The minimum atomic E-state index is -0.401. The Morgan fingerprint density at radius 2 is 1.65 bits per heavy atom. The number of carbonyl (C=O) groups excluding carboxylic acids is 2. The first-order valence-corrected chi connectivity index (χ1v) is 8.86. The zero-order valence-corrected chi connectivity index (χ0v) is 14.7. The number of morpholine rings is 1. The molecule has 2 saturated heterocycles. The fraction of sp³-hybridized carbons (Fsp3) is 0.556. The SMILES string of the molecule is O=C(COc1cccc(F)c1)N1CCN(C(=O)CN2CCOCC2)CC1. The van der Waals surface area contributed by atoms with Gasteiger partial charge in [-0.05, 0) is 12.1 Å². The molecule has 2 fully saturated rings. The van der Waals surface area contributed by atoms with E-state index in [0.29, 0.717) is 51.7 Å². The lowest BCUT2D eigenvalue weighted by Gasteiger charge is -2.36. The highest BCUT2D eigenvalue weighted by molar-refractivity contribution is 5.80. The van der Waals surface area contributed by atoms with Gasteiger partial charge in [0.15, 0.2) is 6.61 Å². The molecule has 2 aliphatic heterocycles. The predicted octanol–water partition coefficient (Wildman–Crippen LogP) is 0.208. The van der Waals surface area contributed by atoms with Crippen LogP contribution in [0.25, 0.3) is 0 Å². The fourth-order valence-electron chi connectivity index (χ4n) is 3.05. The molecule has 3 rings (SSSR count). The van der Waals surface area contributed by atoms with E-state index in [-0.39, 0.29) is 18.4 Å². The summed E-state index contributed by atoms with van der Waals surface area (Å²) in [5.41, 5.74) is 0. The third-order valence-electron chi connectivity index (χ3n) is 4.61. The molecule has 0 aliphatic carbocycles. The summed E-state index contributed by atoms with van der Waals surface area (Å²) >= 11 is 0. The van der Waals surface area contributed by atoms with Crippen LogP contribution in [-0.4, -0.2) is 92.1 Å². The molecule has 142 valence electrons. The van der Waals surface area contributed by atoms with Crippen molar-refractivity contribution in [3.05, 3.63) is 30.1 Å². The molecule has 2 amide bonds. The standard InChI is InChI=1S/C18H24FN3O4/c19-15-2-1-3-16(12-15)26-14-18(24)22-6-4-21(5-7-22)17(23)13-20-8-10-25-11-9-20/h1-3,12H,4-11,13-14H2. The molecule has 26 heavy (non-hydrogen) atoms. The van der Waals surface area contributed by atoms with Gasteiger partial charge >= 0.3 is 0 Å². The normalized spacial score (nSPS) is 18.7. The zero-order valence-electron chi connectivity index (χ0n) is 14.7. The Morgan fingerprint density at radius 1 is 1.00 bits per heavy atom. The molecule has 2 aliphatic rings. The number of halogens is 1. The Balaban J connectivity index is 1.39. The average molecular weight is 365 g/mol. The fourth-order valence-corrected chi connectivity index (χ4v) is 3.05. The van der Waals surface area contributed by atoms with Gasteiger partial charge in [-0.25, -0.2) is 4.39 Å². The minimum absolute atomic E-state index is 0.0926. The van der Waals surface area contributed by atoms with Gasteiger partial charge in [-0.15, -0.1) is 0 Å². The number of ether oxygens (including phenoxy) is 2. The van der Waals surface area contributed by atoms with E-state index in [1.165, 1.54) is 18.2 Å². The van der Waals surface area contributed by atoms with Crippen molar-refractivity contribution in [3.63, 3.8) is 0 Å². The van der Waals surface area contributed by atoms with Gasteiger partial charge in [0, 0.05) is 45.3 Å². The summed E-state index contributed by atoms with van der Waals surface area (Å²) in [7, 11) is 0. The van der Waals surface area contributed by atoms with Gasteiger partial charge in [-0.3, -0.25) is 14.5 Å². The molecule has 1 aromatic rings. The Kier molecular flexibility index (Phi) is 6.40. The van der Waals surface area contributed by atoms with Gasteiger partial charge in [-0.2, -0.15) is 0 Å². The summed E-state index contributed by atoms with van der Waals surface area (Å²) in [5, 5.41) is 0. The van der Waals surface area contributed by atoms with Crippen LogP contribution >= 0.6 is 0 Å². The second kappa shape index (κ2) is 8.95. The molecule has 0 N–H and O–H groups in total. The van der Waals surface area contributed by atoms with E-state index in [4.69, 9.17) is 9.47 Å². The van der Waals surface area contributed by atoms with Crippen LogP contribution in [0.3, 0.4) is 0 Å². The van der Waals surface area contributed by atoms with Gasteiger partial charge in [0.05, 0.1) is 19.8 Å². The Bertz CT molecular complexity index is 629. The topological polar surface area (TPSA) is 62.3 Å². The van der Waals surface area contributed by atoms with Gasteiger partial charge in [0.2, 0.25) is 5.91 Å². The van der Waals surface area contributed by atoms with Gasteiger partial charge in [-0.1, -0.05) is 6.07 Å². The molecule has 0 atom stereocenters. The molecule has 7 nitrogen and oxygen atoms in total. The number of benzene rings is 1. The van der Waals surface area contributed by atoms with E-state index >= 15 is 0 Å². The number of carbonyl (C=O) groups is 2. The maximum atomic E-state index is 13.1. The number of hydrogen-bond acceptors (Lipinski definition) is 5. The highest BCUT2D eigenvalue weighted by Crippen LogP contribution is 2.12. The highest BCUT2D eigenvalue weighted by Gasteiger charge is 2.25. The van der Waals surface area contributed by atoms with Crippen LogP contribution < -0.4 is 4.74 Å². The minimum Gasteiger partial charge on any atom is -0.484 e. The van der Waals surface area contributed by atoms with Crippen LogP contribution in [-0.2, 0) is 14.3 Å². The maximum Gasteiger partial charge on any atom is 0.260 e. The van der Waals surface area contributed by atoms with Gasteiger partial charge in [0.1, 0.15) is 11.6 Å². The molecular formula is C18H24FN3O4. The van der Waals surface area contributed by atoms with E-state index < -0.39 is 5.82 Å². The van der Waals surface area contributed by atoms with Crippen molar-refractivity contribution in [3.8, 4) is 5.75 Å². The average Bonchev–Trinajstić information content (AvgIpc) is 2.67. The first kappa shape index (κ1) is 18.6. The first-order chi connectivity index (χ1) is 12.6. The summed E-state index contributed by atoms with van der Waals surface area (Å²) < 4.78 is 23.7. The summed E-state index contributed by atoms with van der Waals surface area (Å²) in [6, 6.07) is 5.71. The van der Waals surface area contributed by atoms with E-state index in [1.54, 1.807) is 15.9 Å². The van der Waals surface area contributed by atoms with Crippen molar-refractivity contribution in [2.45, 2.75) is 0 Å². The largest absolute Gasteiger partial charge is 0.484 e. The molecule has 0 radical (unpaired) electrons. The molecule has 0 unspecified atom stereocenters. The first-order valence-electron chi connectivity index (χ1n) is 8.86. The molecule has 0 aromatic heterocycles. The third kappa shape index (κ3) is 5.15. The summed E-state index contributed by atoms with van der Waals surface area (Å²) in [5.74, 6) is -0.135. The Labute approximate surface area is 152 Å². The molecule has 8 heteroatoms. The van der Waals surface area contributed by atoms with E-state index in [0.717, 1.165) is 13.1 Å². The summed E-state index contributed by atoms with van der Waals surface area (Å²) in [4.78, 5) is 30.2. The molecular weight excluding hydrogens is 341 g/mol. The summed E-state index contributed by atoms with van der Waals surface area (Å²) in [6.45, 7) is 5.18. The van der Waals surface area contributed by atoms with Crippen LogP contribution in [0, 0.1) is 5.82 Å². The van der Waals surface area contributed by atoms with Crippen LogP contribution in [0.2, 0.25) is 0 Å². The lowest BCUT2D eigenvalue weighted by atomic mass is 10.3. The maximum absolute atomic E-state index is 13.1. The van der Waals surface area contributed by atoms with Crippen molar-refractivity contribution in [2.24, 2.45) is 0 Å². The second-order valence-corrected chi connectivity index (χ2v) is 6.40. The van der Waals surface area contributed by atoms with Crippen LogP contribution in [0.1, 0.15) is 0 Å². The van der Waals surface area contributed by atoms with Crippen molar-refractivity contribution >= 4 is 11.8 Å². The zero-order chi connectivity index (χ0) is 18.4. The molecule has 1 aromatic carbocycles. The van der Waals surface area contributed by atoms with Crippen molar-refractivity contribution < 1.29 is 23.5 Å². The van der Waals surface area contributed by atoms with E-state index in [9.17, 15) is 14.0 Å². The van der Waals surface area contributed by atoms with Crippen molar-refractivity contribution in [2.75, 3.05) is 65.6 Å². The summed E-state index contributed by atoms with van der Waals surface area (Å²) in [6.07, 6.45) is 0. The molecule has 0 bridgehead atoms. The lowest BCUT2D eigenvalue weighted by molar-refractivity contribution is -0.141. The number of nitrogens with zero attached hydrogens (tertiary/aromatic N) is 3. The van der Waals surface area contributed by atoms with Crippen molar-refractivity contribution in [1.82, 2.24) is 14.7 Å². The second-order valence-electron chi connectivity index (χ2n) is 6.40. The number of amides is 2. The Hall–Kier alpha value is -2.19. The monoisotopic (exact) mass is 365 g/mol.